The smallest absolute Gasteiger partial charge is 0.392 e. The molecule has 28 heavy (non-hydrogen) atoms. The van der Waals surface area contributed by atoms with Gasteiger partial charge in [-0.05, 0) is 53.6 Å². The summed E-state index contributed by atoms with van der Waals surface area (Å²) in [5, 5.41) is 9.91. The third-order valence-corrected chi connectivity index (χ3v) is 5.47. The van der Waals surface area contributed by atoms with E-state index >= 15 is 0 Å². The number of carbonyl (C=O) groups excluding carboxylic acids is 1. The fourth-order valence-corrected chi connectivity index (χ4v) is 3.93. The van der Waals surface area contributed by atoms with Crippen molar-refractivity contribution >= 4 is 17.5 Å². The molecule has 1 amide bonds. The Labute approximate surface area is 166 Å². The van der Waals surface area contributed by atoms with Crippen LogP contribution >= 0.6 is 11.6 Å². The number of rotatable bonds is 4. The molecule has 0 radical (unpaired) electrons. The number of amides is 1. The molecule has 2 aromatic rings. The first-order chi connectivity index (χ1) is 13.3. The van der Waals surface area contributed by atoms with Crippen molar-refractivity contribution in [1.29, 1.82) is 0 Å². The van der Waals surface area contributed by atoms with Crippen molar-refractivity contribution in [3.05, 3.63) is 69.7 Å². The Bertz CT molecular complexity index is 846. The van der Waals surface area contributed by atoms with Crippen LogP contribution in [0.3, 0.4) is 0 Å². The lowest BCUT2D eigenvalue weighted by Crippen LogP contribution is -2.39. The molecule has 0 unspecified atom stereocenters. The molecule has 1 aliphatic heterocycles. The summed E-state index contributed by atoms with van der Waals surface area (Å²) in [5.41, 5.74) is 1.03. The third kappa shape index (κ3) is 4.67. The van der Waals surface area contributed by atoms with Crippen LogP contribution in [0.5, 0.6) is 0 Å². The number of carbonyl (C=O) groups is 1. The highest BCUT2D eigenvalue weighted by Gasteiger charge is 2.36. The van der Waals surface area contributed by atoms with Crippen molar-refractivity contribution in [2.75, 3.05) is 13.1 Å². The lowest BCUT2D eigenvalue weighted by Gasteiger charge is -2.33. The lowest BCUT2D eigenvalue weighted by molar-refractivity contribution is -0.139. The molecule has 0 aromatic heterocycles. The molecular formula is C21H21ClF3NO2. The summed E-state index contributed by atoms with van der Waals surface area (Å²) < 4.78 is 39.8. The van der Waals surface area contributed by atoms with Crippen molar-refractivity contribution in [1.82, 2.24) is 4.90 Å². The van der Waals surface area contributed by atoms with E-state index in [0.717, 1.165) is 6.07 Å². The summed E-state index contributed by atoms with van der Waals surface area (Å²) in [6, 6.07) is 10.7. The lowest BCUT2D eigenvalue weighted by atomic mass is 9.86. The minimum absolute atomic E-state index is 0.111. The van der Waals surface area contributed by atoms with Crippen LogP contribution in [0.15, 0.2) is 42.5 Å². The second kappa shape index (κ2) is 8.53. The number of aliphatic hydroxyl groups excluding tert-OH is 1. The van der Waals surface area contributed by atoms with Crippen molar-refractivity contribution in [3.63, 3.8) is 0 Å². The van der Waals surface area contributed by atoms with Gasteiger partial charge in [-0.15, -0.1) is 0 Å². The predicted molar refractivity (Wildman–Crippen MR) is 101 cm³/mol. The topological polar surface area (TPSA) is 40.5 Å². The van der Waals surface area contributed by atoms with Gasteiger partial charge in [-0.2, -0.15) is 13.2 Å². The number of piperidine rings is 1. The second-order valence-electron chi connectivity index (χ2n) is 6.99. The maximum atomic E-state index is 13.3. The molecule has 0 bridgehead atoms. The Morgan fingerprint density at radius 2 is 1.79 bits per heavy atom. The predicted octanol–water partition coefficient (Wildman–Crippen LogP) is 4.80. The van der Waals surface area contributed by atoms with Gasteiger partial charge >= 0.3 is 6.18 Å². The van der Waals surface area contributed by atoms with Gasteiger partial charge in [0.05, 0.1) is 18.6 Å². The minimum Gasteiger partial charge on any atom is -0.392 e. The largest absolute Gasteiger partial charge is 0.416 e. The number of likely N-dealkylation sites (tertiary alicyclic amines) is 1. The normalized spacial score (nSPS) is 15.7. The average Bonchev–Trinajstić information content (AvgIpc) is 2.67. The van der Waals surface area contributed by atoms with Gasteiger partial charge in [0.1, 0.15) is 0 Å². The summed E-state index contributed by atoms with van der Waals surface area (Å²) >= 11 is 5.98. The summed E-state index contributed by atoms with van der Waals surface area (Å²) in [6.07, 6.45) is -3.29. The molecular weight excluding hydrogens is 391 g/mol. The van der Waals surface area contributed by atoms with Crippen molar-refractivity contribution in [3.8, 4) is 0 Å². The van der Waals surface area contributed by atoms with E-state index in [2.05, 4.69) is 0 Å². The molecule has 0 aliphatic carbocycles. The standard InChI is InChI=1S/C21H21ClF3NO2/c22-17-6-5-15(13-27)16(11-17)12-20(28)26-9-7-14(8-10-26)18-3-1-2-4-19(18)21(23,24)25/h1-6,11,14,27H,7-10,12-13H2. The number of hydrogen-bond acceptors (Lipinski definition) is 2. The molecule has 1 N–H and O–H groups in total. The van der Waals surface area contributed by atoms with Crippen LogP contribution in [0, 0.1) is 0 Å². The fourth-order valence-electron chi connectivity index (χ4n) is 3.74. The number of hydrogen-bond donors (Lipinski definition) is 1. The van der Waals surface area contributed by atoms with E-state index in [0.29, 0.717) is 47.6 Å². The zero-order chi connectivity index (χ0) is 20.3. The van der Waals surface area contributed by atoms with E-state index in [1.807, 2.05) is 0 Å². The van der Waals surface area contributed by atoms with E-state index in [-0.39, 0.29) is 24.9 Å². The first kappa shape index (κ1) is 20.7. The molecule has 1 aliphatic rings. The maximum absolute atomic E-state index is 13.3. The van der Waals surface area contributed by atoms with E-state index in [4.69, 9.17) is 11.6 Å². The third-order valence-electron chi connectivity index (χ3n) is 5.23. The number of benzene rings is 2. The van der Waals surface area contributed by atoms with Gasteiger partial charge in [-0.3, -0.25) is 4.79 Å². The Balaban J connectivity index is 1.66. The Morgan fingerprint density at radius 3 is 2.43 bits per heavy atom. The summed E-state index contributed by atoms with van der Waals surface area (Å²) in [4.78, 5) is 14.3. The highest BCUT2D eigenvalue weighted by atomic mass is 35.5. The molecule has 0 spiro atoms. The van der Waals surface area contributed by atoms with Gasteiger partial charge in [-0.1, -0.05) is 35.9 Å². The van der Waals surface area contributed by atoms with E-state index < -0.39 is 11.7 Å². The molecule has 3 nitrogen and oxygen atoms in total. The van der Waals surface area contributed by atoms with Crippen LogP contribution in [0.4, 0.5) is 13.2 Å². The molecule has 1 saturated heterocycles. The zero-order valence-electron chi connectivity index (χ0n) is 15.2. The second-order valence-corrected chi connectivity index (χ2v) is 7.42. The molecule has 1 heterocycles. The number of aliphatic hydroxyl groups is 1. The average molecular weight is 412 g/mol. The maximum Gasteiger partial charge on any atom is 0.416 e. The first-order valence-electron chi connectivity index (χ1n) is 9.11. The van der Waals surface area contributed by atoms with Crippen LogP contribution in [0.2, 0.25) is 5.02 Å². The number of nitrogens with zero attached hydrogens (tertiary/aromatic N) is 1. The van der Waals surface area contributed by atoms with Gasteiger partial charge in [0.15, 0.2) is 0 Å². The van der Waals surface area contributed by atoms with Crippen LogP contribution in [-0.4, -0.2) is 29.0 Å². The van der Waals surface area contributed by atoms with Crippen LogP contribution < -0.4 is 0 Å². The Kier molecular flexibility index (Phi) is 6.30. The highest BCUT2D eigenvalue weighted by Crippen LogP contribution is 2.38. The van der Waals surface area contributed by atoms with Crippen molar-refractivity contribution in [2.24, 2.45) is 0 Å². The van der Waals surface area contributed by atoms with E-state index in [1.165, 1.54) is 12.1 Å². The summed E-state index contributed by atoms with van der Waals surface area (Å²) in [5.74, 6) is -0.333. The van der Waals surface area contributed by atoms with Gasteiger partial charge < -0.3 is 10.0 Å². The minimum atomic E-state index is -4.38. The fraction of sp³-hybridized carbons (Fsp3) is 0.381. The zero-order valence-corrected chi connectivity index (χ0v) is 15.9. The Morgan fingerprint density at radius 1 is 1.11 bits per heavy atom. The van der Waals surface area contributed by atoms with Gasteiger partial charge in [-0.25, -0.2) is 0 Å². The number of halogens is 4. The molecule has 2 aromatic carbocycles. The van der Waals surface area contributed by atoms with E-state index in [1.54, 1.807) is 29.2 Å². The summed E-state index contributed by atoms with van der Waals surface area (Å²) in [7, 11) is 0. The summed E-state index contributed by atoms with van der Waals surface area (Å²) in [6.45, 7) is 0.630. The van der Waals surface area contributed by atoms with Crippen molar-refractivity contribution < 1.29 is 23.1 Å². The van der Waals surface area contributed by atoms with Gasteiger partial charge in [0.2, 0.25) is 5.91 Å². The first-order valence-corrected chi connectivity index (χ1v) is 9.49. The molecule has 1 fully saturated rings. The Hall–Kier alpha value is -2.05. The van der Waals surface area contributed by atoms with Crippen LogP contribution in [0.25, 0.3) is 0 Å². The molecule has 3 rings (SSSR count). The SMILES string of the molecule is O=C(Cc1cc(Cl)ccc1CO)N1CCC(c2ccccc2C(F)(F)F)CC1. The molecule has 7 heteroatoms. The monoisotopic (exact) mass is 411 g/mol. The van der Waals surface area contributed by atoms with Crippen LogP contribution in [0.1, 0.15) is 41.0 Å². The van der Waals surface area contributed by atoms with E-state index in [9.17, 15) is 23.1 Å². The van der Waals surface area contributed by atoms with Gasteiger partial charge in [0, 0.05) is 18.1 Å². The highest BCUT2D eigenvalue weighted by molar-refractivity contribution is 6.30. The van der Waals surface area contributed by atoms with Crippen LogP contribution in [-0.2, 0) is 24.0 Å². The van der Waals surface area contributed by atoms with Crippen molar-refractivity contribution in [2.45, 2.75) is 38.0 Å². The molecule has 0 atom stereocenters. The molecule has 0 saturated carbocycles. The molecule has 150 valence electrons. The quantitative estimate of drug-likeness (QED) is 0.785. The number of alkyl halides is 3. The van der Waals surface area contributed by atoms with Gasteiger partial charge in [0.25, 0.3) is 0 Å².